The maximum absolute atomic E-state index is 13.5. The molecule has 4 nitrogen and oxygen atoms in total. The predicted molar refractivity (Wildman–Crippen MR) is 83.8 cm³/mol. The van der Waals surface area contributed by atoms with E-state index < -0.39 is 0 Å². The summed E-state index contributed by atoms with van der Waals surface area (Å²) in [7, 11) is 2.01. The highest BCUT2D eigenvalue weighted by Crippen LogP contribution is 2.29. The lowest BCUT2D eigenvalue weighted by atomic mass is 9.98. The molecule has 2 unspecified atom stereocenters. The number of piperidine rings is 1. The maximum Gasteiger partial charge on any atom is 0.234 e. The zero-order valence-electron chi connectivity index (χ0n) is 13.0. The summed E-state index contributed by atoms with van der Waals surface area (Å²) in [5.41, 5.74) is 0.526. The number of nitrogens with one attached hydrogen (secondary N) is 2. The van der Waals surface area contributed by atoms with E-state index in [9.17, 15) is 9.18 Å². The Bertz CT molecular complexity index is 524. The summed E-state index contributed by atoms with van der Waals surface area (Å²) >= 11 is 0. The van der Waals surface area contributed by atoms with E-state index in [-0.39, 0.29) is 18.3 Å². The number of benzene rings is 1. The number of carbonyl (C=O) groups is 1. The molecule has 2 fully saturated rings. The van der Waals surface area contributed by atoms with E-state index in [1.165, 1.54) is 18.9 Å². The van der Waals surface area contributed by atoms with Crippen LogP contribution in [0.2, 0.25) is 0 Å². The number of likely N-dealkylation sites (N-methyl/N-ethyl adjacent to an activating group) is 1. The molecule has 1 aromatic rings. The summed E-state index contributed by atoms with van der Waals surface area (Å²) in [4.78, 5) is 14.2. The third kappa shape index (κ3) is 3.65. The monoisotopic (exact) mass is 305 g/mol. The fraction of sp³-hybridized carbons (Fsp3) is 0.588. The second kappa shape index (κ2) is 6.75. The molecule has 2 saturated heterocycles. The first kappa shape index (κ1) is 15.4. The first-order valence-corrected chi connectivity index (χ1v) is 8.08. The maximum atomic E-state index is 13.5. The van der Waals surface area contributed by atoms with E-state index in [0.29, 0.717) is 30.2 Å². The van der Waals surface area contributed by atoms with Gasteiger partial charge in [-0.2, -0.15) is 0 Å². The van der Waals surface area contributed by atoms with Crippen LogP contribution in [0.5, 0.6) is 0 Å². The van der Waals surface area contributed by atoms with E-state index in [4.69, 9.17) is 0 Å². The Morgan fingerprint density at radius 2 is 2.00 bits per heavy atom. The molecule has 2 heterocycles. The highest BCUT2D eigenvalue weighted by atomic mass is 19.1. The van der Waals surface area contributed by atoms with Crippen LogP contribution in [0.1, 0.15) is 31.2 Å². The van der Waals surface area contributed by atoms with Gasteiger partial charge in [-0.25, -0.2) is 4.39 Å². The van der Waals surface area contributed by atoms with Gasteiger partial charge in [0.1, 0.15) is 5.82 Å². The van der Waals surface area contributed by atoms with Gasteiger partial charge in [0.2, 0.25) is 5.91 Å². The van der Waals surface area contributed by atoms with Crippen molar-refractivity contribution in [2.75, 3.05) is 13.6 Å². The average molecular weight is 305 g/mol. The van der Waals surface area contributed by atoms with Crippen LogP contribution in [0.25, 0.3) is 0 Å². The number of amides is 1. The summed E-state index contributed by atoms with van der Waals surface area (Å²) in [6.07, 6.45) is 4.75. The normalized spacial score (nSPS) is 27.1. The minimum Gasteiger partial charge on any atom is -0.351 e. The van der Waals surface area contributed by atoms with Crippen LogP contribution < -0.4 is 10.6 Å². The van der Waals surface area contributed by atoms with Crippen molar-refractivity contribution in [2.45, 2.75) is 50.4 Å². The highest BCUT2D eigenvalue weighted by Gasteiger charge is 2.35. The Labute approximate surface area is 131 Å². The number of hydrogen-bond acceptors (Lipinski definition) is 3. The van der Waals surface area contributed by atoms with Gasteiger partial charge in [-0.15, -0.1) is 0 Å². The lowest BCUT2D eigenvalue weighted by Gasteiger charge is -2.35. The molecule has 0 radical (unpaired) electrons. The van der Waals surface area contributed by atoms with Crippen LogP contribution in [0.15, 0.2) is 24.3 Å². The van der Waals surface area contributed by atoms with Gasteiger partial charge < -0.3 is 10.6 Å². The predicted octanol–water partition coefficient (Wildman–Crippen LogP) is 1.66. The summed E-state index contributed by atoms with van der Waals surface area (Å²) in [6.45, 7) is 0.620. The third-order valence-corrected chi connectivity index (χ3v) is 4.90. The van der Waals surface area contributed by atoms with Crippen molar-refractivity contribution in [2.24, 2.45) is 0 Å². The topological polar surface area (TPSA) is 44.4 Å². The second-order valence-electron chi connectivity index (χ2n) is 6.55. The van der Waals surface area contributed by atoms with Gasteiger partial charge in [0.15, 0.2) is 0 Å². The van der Waals surface area contributed by atoms with Crippen LogP contribution >= 0.6 is 0 Å². The molecule has 1 amide bonds. The van der Waals surface area contributed by atoms with Crippen LogP contribution in [0.4, 0.5) is 4.39 Å². The summed E-state index contributed by atoms with van der Waals surface area (Å²) in [6, 6.07) is 8.25. The fourth-order valence-corrected chi connectivity index (χ4v) is 3.63. The van der Waals surface area contributed by atoms with Crippen LogP contribution in [0.3, 0.4) is 0 Å². The first-order valence-electron chi connectivity index (χ1n) is 8.08. The van der Waals surface area contributed by atoms with Gasteiger partial charge in [-0.05, 0) is 38.8 Å². The minimum absolute atomic E-state index is 0.0448. The van der Waals surface area contributed by atoms with Gasteiger partial charge in [0.25, 0.3) is 0 Å². The standard InChI is InChI=1S/C17H24FN3O/c1-21(15-8-13-6-7-14(9-15)20-13)11-17(22)19-10-12-4-2-3-5-16(12)18/h2-5,13-15,20H,6-11H2,1H3,(H,19,22). The fourth-order valence-electron chi connectivity index (χ4n) is 3.63. The molecule has 0 saturated carbocycles. The number of halogens is 1. The third-order valence-electron chi connectivity index (χ3n) is 4.90. The molecule has 22 heavy (non-hydrogen) atoms. The largest absolute Gasteiger partial charge is 0.351 e. The van der Waals surface area contributed by atoms with Crippen molar-refractivity contribution >= 4 is 5.91 Å². The molecule has 1 aromatic carbocycles. The molecule has 2 atom stereocenters. The molecule has 5 heteroatoms. The minimum atomic E-state index is -0.272. The molecular weight excluding hydrogens is 281 g/mol. The molecular formula is C17H24FN3O. The van der Waals surface area contributed by atoms with E-state index in [2.05, 4.69) is 15.5 Å². The molecule has 0 spiro atoms. The van der Waals surface area contributed by atoms with E-state index in [0.717, 1.165) is 12.8 Å². The SMILES string of the molecule is CN(CC(=O)NCc1ccccc1F)C1CC2CCC(C1)N2. The lowest BCUT2D eigenvalue weighted by Crippen LogP contribution is -2.49. The average Bonchev–Trinajstić information content (AvgIpc) is 2.84. The molecule has 2 N–H and O–H groups in total. The van der Waals surface area contributed by atoms with Crippen molar-refractivity contribution in [1.29, 1.82) is 0 Å². The molecule has 0 aliphatic carbocycles. The number of rotatable bonds is 5. The van der Waals surface area contributed by atoms with Crippen molar-refractivity contribution in [1.82, 2.24) is 15.5 Å². The van der Waals surface area contributed by atoms with Crippen molar-refractivity contribution in [3.05, 3.63) is 35.6 Å². The Kier molecular flexibility index (Phi) is 4.74. The van der Waals surface area contributed by atoms with E-state index >= 15 is 0 Å². The Morgan fingerprint density at radius 3 is 2.68 bits per heavy atom. The van der Waals surface area contributed by atoms with E-state index in [1.807, 2.05) is 7.05 Å². The smallest absolute Gasteiger partial charge is 0.234 e. The number of carbonyl (C=O) groups excluding carboxylic acids is 1. The summed E-state index contributed by atoms with van der Waals surface area (Å²) < 4.78 is 13.5. The molecule has 2 aliphatic heterocycles. The van der Waals surface area contributed by atoms with Gasteiger partial charge in [-0.3, -0.25) is 9.69 Å². The molecule has 3 rings (SSSR count). The molecule has 120 valence electrons. The zero-order chi connectivity index (χ0) is 15.5. The Morgan fingerprint density at radius 1 is 1.32 bits per heavy atom. The van der Waals surface area contributed by atoms with Gasteiger partial charge in [0.05, 0.1) is 6.54 Å². The number of nitrogens with zero attached hydrogens (tertiary/aromatic N) is 1. The molecule has 0 aromatic heterocycles. The van der Waals surface area contributed by atoms with Crippen LogP contribution in [0, 0.1) is 5.82 Å². The van der Waals surface area contributed by atoms with Crippen molar-refractivity contribution < 1.29 is 9.18 Å². The van der Waals surface area contributed by atoms with Gasteiger partial charge >= 0.3 is 0 Å². The zero-order valence-corrected chi connectivity index (χ0v) is 13.0. The van der Waals surface area contributed by atoms with Crippen LogP contribution in [-0.2, 0) is 11.3 Å². The lowest BCUT2D eigenvalue weighted by molar-refractivity contribution is -0.122. The first-order chi connectivity index (χ1) is 10.6. The number of hydrogen-bond donors (Lipinski definition) is 2. The van der Waals surface area contributed by atoms with Crippen molar-refractivity contribution in [3.8, 4) is 0 Å². The summed E-state index contributed by atoms with van der Waals surface area (Å²) in [5.74, 6) is -0.317. The van der Waals surface area contributed by atoms with Crippen LogP contribution in [-0.4, -0.2) is 42.5 Å². The molecule has 2 bridgehead atoms. The Hall–Kier alpha value is -1.46. The van der Waals surface area contributed by atoms with Crippen molar-refractivity contribution in [3.63, 3.8) is 0 Å². The number of fused-ring (bicyclic) bond motifs is 2. The van der Waals surface area contributed by atoms with Gasteiger partial charge in [-0.1, -0.05) is 18.2 Å². The van der Waals surface area contributed by atoms with Gasteiger partial charge in [0, 0.05) is 30.2 Å². The van der Waals surface area contributed by atoms with E-state index in [1.54, 1.807) is 18.2 Å². The quantitative estimate of drug-likeness (QED) is 0.869. The molecule has 2 aliphatic rings. The Balaban J connectivity index is 1.46. The highest BCUT2D eigenvalue weighted by molar-refractivity contribution is 5.78. The second-order valence-corrected chi connectivity index (χ2v) is 6.55. The summed E-state index contributed by atoms with van der Waals surface area (Å²) in [5, 5.41) is 6.42.